The summed E-state index contributed by atoms with van der Waals surface area (Å²) in [6.45, 7) is 6.71. The molecule has 0 heterocycles. The van der Waals surface area contributed by atoms with Crippen molar-refractivity contribution in [3.05, 3.63) is 0 Å². The van der Waals surface area contributed by atoms with Crippen molar-refractivity contribution in [2.24, 2.45) is 11.8 Å². The zero-order valence-corrected chi connectivity index (χ0v) is 12.3. The summed E-state index contributed by atoms with van der Waals surface area (Å²) in [6, 6.07) is -0.300. The summed E-state index contributed by atoms with van der Waals surface area (Å²) in [7, 11) is 0. The molecular weight excluding hydrogens is 252 g/mol. The Balaban J connectivity index is 3.96. The maximum absolute atomic E-state index is 11.5. The third-order valence-electron chi connectivity index (χ3n) is 2.57. The molecule has 6 heteroatoms. The molecule has 3 N–H and O–H groups in total. The van der Waals surface area contributed by atoms with E-state index in [9.17, 15) is 9.59 Å². The first-order chi connectivity index (χ1) is 8.36. The number of carboxylic acid groups (broad SMARTS) is 1. The number of hydrogen-bond acceptors (Lipinski definition) is 3. The maximum Gasteiger partial charge on any atom is 0.314 e. The first-order valence-electron chi connectivity index (χ1n) is 6.14. The zero-order chi connectivity index (χ0) is 14.1. The summed E-state index contributed by atoms with van der Waals surface area (Å²) in [5, 5.41) is 14.7. The Kier molecular flexibility index (Phi) is 8.62. The molecule has 0 aromatic carbocycles. The molecule has 0 bridgehead atoms. The fourth-order valence-corrected chi connectivity index (χ4v) is 1.69. The van der Waals surface area contributed by atoms with Gasteiger partial charge in [0.05, 0.1) is 5.92 Å². The quantitative estimate of drug-likeness (QED) is 0.631. The summed E-state index contributed by atoms with van der Waals surface area (Å²) in [6.07, 6.45) is 2.55. The largest absolute Gasteiger partial charge is 0.481 e. The summed E-state index contributed by atoms with van der Waals surface area (Å²) in [5.74, 6) is -1.08. The summed E-state index contributed by atoms with van der Waals surface area (Å²) in [5.41, 5.74) is 0. The van der Waals surface area contributed by atoms with Crippen molar-refractivity contribution in [3.8, 4) is 0 Å². The highest BCUT2D eigenvalue weighted by molar-refractivity contribution is 7.99. The second-order valence-corrected chi connectivity index (χ2v) is 6.08. The number of hydrogen-bond donors (Lipinski definition) is 3. The lowest BCUT2D eigenvalue weighted by molar-refractivity contribution is -0.142. The normalized spacial score (nSPS) is 14.1. The number of urea groups is 1. The van der Waals surface area contributed by atoms with E-state index in [0.29, 0.717) is 24.1 Å². The average molecular weight is 276 g/mol. The van der Waals surface area contributed by atoms with Crippen molar-refractivity contribution in [3.63, 3.8) is 0 Å². The minimum atomic E-state index is -0.860. The van der Waals surface area contributed by atoms with Gasteiger partial charge < -0.3 is 15.7 Å². The van der Waals surface area contributed by atoms with E-state index in [-0.39, 0.29) is 12.6 Å². The molecule has 18 heavy (non-hydrogen) atoms. The first-order valence-corrected chi connectivity index (χ1v) is 7.42. The van der Waals surface area contributed by atoms with E-state index in [1.54, 1.807) is 11.8 Å². The molecule has 0 aliphatic rings. The Bertz CT molecular complexity index is 272. The van der Waals surface area contributed by atoms with Crippen LogP contribution in [0.2, 0.25) is 0 Å². The van der Waals surface area contributed by atoms with Crippen molar-refractivity contribution in [1.82, 2.24) is 10.6 Å². The average Bonchev–Trinajstić information content (AvgIpc) is 2.30. The van der Waals surface area contributed by atoms with E-state index in [4.69, 9.17) is 5.11 Å². The number of nitrogens with one attached hydrogen (secondary N) is 2. The number of carboxylic acids is 1. The molecule has 5 nitrogen and oxygen atoms in total. The number of aliphatic carboxylic acids is 1. The summed E-state index contributed by atoms with van der Waals surface area (Å²) >= 11 is 1.67. The molecule has 0 aromatic rings. The lowest BCUT2D eigenvalue weighted by Crippen LogP contribution is -2.42. The van der Waals surface area contributed by atoms with Crippen LogP contribution in [0.5, 0.6) is 0 Å². The number of thioether (sulfide) groups is 1. The van der Waals surface area contributed by atoms with Gasteiger partial charge in [0.25, 0.3) is 0 Å². The lowest BCUT2D eigenvalue weighted by Gasteiger charge is -2.16. The molecule has 0 saturated heterocycles. The minimum Gasteiger partial charge on any atom is -0.481 e. The maximum atomic E-state index is 11.5. The van der Waals surface area contributed by atoms with E-state index in [0.717, 1.165) is 0 Å². The van der Waals surface area contributed by atoms with Gasteiger partial charge in [0, 0.05) is 18.3 Å². The highest BCUT2D eigenvalue weighted by Crippen LogP contribution is 2.11. The second kappa shape index (κ2) is 9.08. The van der Waals surface area contributed by atoms with Crippen LogP contribution in [0.4, 0.5) is 4.79 Å². The molecule has 2 atom stereocenters. The van der Waals surface area contributed by atoms with E-state index >= 15 is 0 Å². The van der Waals surface area contributed by atoms with Gasteiger partial charge in [-0.2, -0.15) is 11.8 Å². The Hall–Kier alpha value is -0.910. The Morgan fingerprint density at radius 3 is 2.17 bits per heavy atom. The molecule has 0 saturated carbocycles. The second-order valence-electron chi connectivity index (χ2n) is 4.80. The topological polar surface area (TPSA) is 78.4 Å². The van der Waals surface area contributed by atoms with Crippen LogP contribution in [0.15, 0.2) is 0 Å². The van der Waals surface area contributed by atoms with Crippen LogP contribution in [0, 0.1) is 11.8 Å². The molecule has 0 aliphatic carbocycles. The molecular formula is C12H24N2O3S. The van der Waals surface area contributed by atoms with Gasteiger partial charge in [0.1, 0.15) is 0 Å². The van der Waals surface area contributed by atoms with Gasteiger partial charge in [0.2, 0.25) is 0 Å². The summed E-state index contributed by atoms with van der Waals surface area (Å²) in [4.78, 5) is 22.4. The van der Waals surface area contributed by atoms with Gasteiger partial charge >= 0.3 is 12.0 Å². The van der Waals surface area contributed by atoms with Crippen molar-refractivity contribution in [2.45, 2.75) is 32.4 Å². The van der Waals surface area contributed by atoms with Gasteiger partial charge in [-0.1, -0.05) is 20.8 Å². The van der Waals surface area contributed by atoms with Crippen molar-refractivity contribution >= 4 is 23.8 Å². The number of rotatable bonds is 8. The van der Waals surface area contributed by atoms with E-state index in [1.807, 2.05) is 27.0 Å². The highest BCUT2D eigenvalue weighted by atomic mass is 32.2. The highest BCUT2D eigenvalue weighted by Gasteiger charge is 2.19. The monoisotopic (exact) mass is 276 g/mol. The van der Waals surface area contributed by atoms with Crippen LogP contribution >= 0.6 is 11.8 Å². The Morgan fingerprint density at radius 2 is 1.72 bits per heavy atom. The molecule has 0 fully saturated rings. The zero-order valence-electron chi connectivity index (χ0n) is 11.5. The third kappa shape index (κ3) is 8.22. The van der Waals surface area contributed by atoms with Gasteiger partial charge in [-0.3, -0.25) is 4.79 Å². The fourth-order valence-electron chi connectivity index (χ4n) is 1.44. The van der Waals surface area contributed by atoms with Crippen molar-refractivity contribution in [2.75, 3.05) is 19.3 Å². The van der Waals surface area contributed by atoms with E-state index in [2.05, 4.69) is 10.6 Å². The molecule has 0 spiro atoms. The van der Waals surface area contributed by atoms with Crippen LogP contribution < -0.4 is 10.6 Å². The van der Waals surface area contributed by atoms with Crippen molar-refractivity contribution in [1.29, 1.82) is 0 Å². The predicted octanol–water partition coefficient (Wildman–Crippen LogP) is 1.78. The Morgan fingerprint density at radius 1 is 1.17 bits per heavy atom. The molecule has 0 aliphatic heterocycles. The van der Waals surface area contributed by atoms with E-state index in [1.165, 1.54) is 0 Å². The van der Waals surface area contributed by atoms with Gasteiger partial charge in [-0.25, -0.2) is 4.79 Å². The number of carbonyl (C=O) groups excluding carboxylic acids is 1. The predicted molar refractivity (Wildman–Crippen MR) is 75.0 cm³/mol. The van der Waals surface area contributed by atoms with E-state index < -0.39 is 11.9 Å². The molecule has 0 rings (SSSR count). The molecule has 0 radical (unpaired) electrons. The van der Waals surface area contributed by atoms with Crippen LogP contribution in [0.3, 0.4) is 0 Å². The number of carbonyl (C=O) groups is 2. The SMILES string of the molecule is CSC(C)CNC(=O)NCC(CC(C)C)C(=O)O. The fraction of sp³-hybridized carbons (Fsp3) is 0.833. The molecule has 2 amide bonds. The molecule has 2 unspecified atom stereocenters. The van der Waals surface area contributed by atoms with Crippen LogP contribution in [-0.4, -0.2) is 41.7 Å². The smallest absolute Gasteiger partial charge is 0.314 e. The van der Waals surface area contributed by atoms with Gasteiger partial charge in [-0.05, 0) is 18.6 Å². The minimum absolute atomic E-state index is 0.174. The Labute approximate surface area is 113 Å². The van der Waals surface area contributed by atoms with Crippen LogP contribution in [0.1, 0.15) is 27.2 Å². The molecule has 106 valence electrons. The first kappa shape index (κ1) is 17.1. The number of amides is 2. The van der Waals surface area contributed by atoms with Gasteiger partial charge in [-0.15, -0.1) is 0 Å². The van der Waals surface area contributed by atoms with Crippen LogP contribution in [0.25, 0.3) is 0 Å². The van der Waals surface area contributed by atoms with Gasteiger partial charge in [0.15, 0.2) is 0 Å². The standard InChI is InChI=1S/C12H24N2O3S/c1-8(2)5-10(11(15)16)7-14-12(17)13-6-9(3)18-4/h8-10H,5-7H2,1-4H3,(H,15,16)(H2,13,14,17). The third-order valence-corrected chi connectivity index (χ3v) is 3.54. The summed E-state index contributed by atoms with van der Waals surface area (Å²) < 4.78 is 0. The molecule has 0 aromatic heterocycles. The van der Waals surface area contributed by atoms with Crippen molar-refractivity contribution < 1.29 is 14.7 Å². The van der Waals surface area contributed by atoms with Crippen LogP contribution in [-0.2, 0) is 4.79 Å². The lowest BCUT2D eigenvalue weighted by atomic mass is 9.97.